The number of carbonyl (C=O) groups is 1. The number of amides is 1. The van der Waals surface area contributed by atoms with Gasteiger partial charge in [0.05, 0.1) is 25.8 Å². The minimum absolute atomic E-state index is 0.269. The highest BCUT2D eigenvalue weighted by molar-refractivity contribution is 6.15. The molecule has 0 atom stereocenters. The van der Waals surface area contributed by atoms with Gasteiger partial charge >= 0.3 is 6.01 Å². The zero-order chi connectivity index (χ0) is 22.4. The van der Waals surface area contributed by atoms with E-state index in [0.717, 1.165) is 34.9 Å². The van der Waals surface area contributed by atoms with Crippen LogP contribution in [0.15, 0.2) is 29.5 Å². The Bertz CT molecular complexity index is 1080. The molecule has 0 spiro atoms. The summed E-state index contributed by atoms with van der Waals surface area (Å²) in [6.07, 6.45) is 9.30. The molecule has 0 unspecified atom stereocenters. The van der Waals surface area contributed by atoms with Crippen molar-refractivity contribution in [1.82, 2.24) is 19.8 Å². The van der Waals surface area contributed by atoms with E-state index < -0.39 is 0 Å². The van der Waals surface area contributed by atoms with Crippen LogP contribution in [0.5, 0.6) is 6.01 Å². The summed E-state index contributed by atoms with van der Waals surface area (Å²) in [7, 11) is 1.56. The van der Waals surface area contributed by atoms with Crippen molar-refractivity contribution in [3.05, 3.63) is 52.3 Å². The number of methoxy groups -OCH3 is 1. The topological polar surface area (TPSA) is 70.9 Å². The second-order valence-electron chi connectivity index (χ2n) is 10.0. The van der Waals surface area contributed by atoms with E-state index in [4.69, 9.17) is 9.73 Å². The van der Waals surface area contributed by atoms with Crippen LogP contribution in [0.2, 0.25) is 0 Å². The zero-order valence-corrected chi connectivity index (χ0v) is 19.3. The maximum atomic E-state index is 13.0. The fourth-order valence-corrected chi connectivity index (χ4v) is 5.51. The van der Waals surface area contributed by atoms with Gasteiger partial charge in [0.1, 0.15) is 0 Å². The van der Waals surface area contributed by atoms with Crippen molar-refractivity contribution < 1.29 is 9.53 Å². The second kappa shape index (κ2) is 8.52. The van der Waals surface area contributed by atoms with Crippen LogP contribution < -0.4 is 4.74 Å². The van der Waals surface area contributed by atoms with E-state index >= 15 is 0 Å². The highest BCUT2D eigenvalue weighted by atomic mass is 16.5. The first-order valence-electron chi connectivity index (χ1n) is 12.2. The predicted octanol–water partition coefficient (Wildman–Crippen LogP) is 2.84. The summed E-state index contributed by atoms with van der Waals surface area (Å²) in [4.78, 5) is 30.9. The van der Waals surface area contributed by atoms with E-state index in [1.54, 1.807) is 19.5 Å². The minimum atomic E-state index is 0.269. The Kier molecular flexibility index (Phi) is 5.37. The van der Waals surface area contributed by atoms with Crippen molar-refractivity contribution in [2.24, 2.45) is 16.8 Å². The van der Waals surface area contributed by atoms with E-state index in [9.17, 15) is 4.79 Å². The molecule has 1 saturated heterocycles. The lowest BCUT2D eigenvalue weighted by atomic mass is 9.90. The van der Waals surface area contributed by atoms with Gasteiger partial charge in [-0.15, -0.1) is 0 Å². The van der Waals surface area contributed by atoms with Crippen LogP contribution in [0.4, 0.5) is 0 Å². The number of fused-ring (bicyclic) bond motifs is 2. The maximum Gasteiger partial charge on any atom is 0.316 e. The molecule has 1 aliphatic carbocycles. The molecule has 1 amide bonds. The fraction of sp³-hybridized carbons (Fsp3) is 0.538. The van der Waals surface area contributed by atoms with Crippen molar-refractivity contribution in [2.75, 3.05) is 33.3 Å². The molecule has 0 bridgehead atoms. The molecule has 2 aromatic rings. The molecule has 33 heavy (non-hydrogen) atoms. The number of likely N-dealkylation sites (tertiary alicyclic amines) is 1. The van der Waals surface area contributed by atoms with E-state index in [1.165, 1.54) is 56.4 Å². The molecule has 0 N–H and O–H groups in total. The predicted molar refractivity (Wildman–Crippen MR) is 125 cm³/mol. The summed E-state index contributed by atoms with van der Waals surface area (Å²) in [6.45, 7) is 5.91. The Morgan fingerprint density at radius 1 is 0.970 bits per heavy atom. The molecule has 0 radical (unpaired) electrons. The van der Waals surface area contributed by atoms with Gasteiger partial charge in [0.25, 0.3) is 0 Å². The van der Waals surface area contributed by atoms with Crippen LogP contribution in [-0.4, -0.2) is 64.7 Å². The number of ether oxygens (including phenoxy) is 1. The van der Waals surface area contributed by atoms with E-state index in [1.807, 2.05) is 0 Å². The largest absolute Gasteiger partial charge is 0.467 e. The Morgan fingerprint density at radius 2 is 1.73 bits per heavy atom. The summed E-state index contributed by atoms with van der Waals surface area (Å²) in [5, 5.41) is 0. The van der Waals surface area contributed by atoms with Gasteiger partial charge in [-0.05, 0) is 73.4 Å². The van der Waals surface area contributed by atoms with Crippen molar-refractivity contribution in [3.8, 4) is 6.01 Å². The zero-order valence-electron chi connectivity index (χ0n) is 19.3. The molecule has 7 nitrogen and oxygen atoms in total. The molecule has 1 aromatic carbocycles. The number of aliphatic imine (C=N–C) groups is 1. The number of piperidine rings is 1. The van der Waals surface area contributed by atoms with Crippen LogP contribution in [0.1, 0.15) is 53.5 Å². The first-order chi connectivity index (χ1) is 16.2. The van der Waals surface area contributed by atoms with Crippen molar-refractivity contribution in [3.63, 3.8) is 0 Å². The van der Waals surface area contributed by atoms with Crippen LogP contribution >= 0.6 is 0 Å². The number of hydrogen-bond acceptors (Lipinski definition) is 6. The molecule has 2 fully saturated rings. The standard InChI is InChI=1S/C26H31N5O2/c1-33-26-28-12-22(13-29-26)25-23-9-21-16-31(24(32)10-19(21)8-20(23)11-27-25)15-18-4-6-30(7-5-18)14-17-2-3-17/h8-9,12-13,17-18H,2-7,10-11,14-16H2,1H3. The van der Waals surface area contributed by atoms with Gasteiger partial charge in [0.15, 0.2) is 0 Å². The number of benzene rings is 1. The van der Waals surface area contributed by atoms with Gasteiger partial charge in [0.2, 0.25) is 5.91 Å². The summed E-state index contributed by atoms with van der Waals surface area (Å²) >= 11 is 0. The van der Waals surface area contributed by atoms with Gasteiger partial charge in [-0.3, -0.25) is 9.79 Å². The SMILES string of the molecule is COc1ncc(C2=NCc3cc4c(cc32)CN(CC2CCN(CC3CC3)CC2)C(=O)C4)cn1. The number of hydrogen-bond donors (Lipinski definition) is 0. The first-order valence-corrected chi connectivity index (χ1v) is 12.2. The van der Waals surface area contributed by atoms with E-state index in [-0.39, 0.29) is 5.91 Å². The monoisotopic (exact) mass is 445 g/mol. The minimum Gasteiger partial charge on any atom is -0.467 e. The van der Waals surface area contributed by atoms with Crippen LogP contribution in [0.25, 0.3) is 0 Å². The van der Waals surface area contributed by atoms with Crippen molar-refractivity contribution in [2.45, 2.75) is 45.2 Å². The lowest BCUT2D eigenvalue weighted by Crippen LogP contribution is -2.43. The van der Waals surface area contributed by atoms with E-state index in [2.05, 4.69) is 31.9 Å². The molecular formula is C26H31N5O2. The van der Waals surface area contributed by atoms with Gasteiger partial charge in [-0.2, -0.15) is 0 Å². The van der Waals surface area contributed by atoms with Crippen LogP contribution in [-0.2, 0) is 24.3 Å². The van der Waals surface area contributed by atoms with E-state index in [0.29, 0.717) is 31.4 Å². The number of rotatable bonds is 6. The third-order valence-corrected chi connectivity index (χ3v) is 7.63. The molecule has 4 heterocycles. The van der Waals surface area contributed by atoms with Crippen LogP contribution in [0, 0.1) is 11.8 Å². The lowest BCUT2D eigenvalue weighted by molar-refractivity contribution is -0.132. The normalized spacial score (nSPS) is 21.1. The quantitative estimate of drug-likeness (QED) is 0.684. The molecule has 6 rings (SSSR count). The number of nitrogens with zero attached hydrogens (tertiary/aromatic N) is 5. The second-order valence-corrected chi connectivity index (χ2v) is 10.0. The van der Waals surface area contributed by atoms with Crippen molar-refractivity contribution in [1.29, 1.82) is 0 Å². The average molecular weight is 446 g/mol. The summed E-state index contributed by atoms with van der Waals surface area (Å²) in [5.41, 5.74) is 6.58. The summed E-state index contributed by atoms with van der Waals surface area (Å²) in [6, 6.07) is 4.80. The third kappa shape index (κ3) is 4.26. The molecule has 1 aromatic heterocycles. The van der Waals surface area contributed by atoms with Gasteiger partial charge in [-0.25, -0.2) is 9.97 Å². The highest BCUT2D eigenvalue weighted by Gasteiger charge is 2.31. The van der Waals surface area contributed by atoms with Crippen molar-refractivity contribution >= 4 is 11.6 Å². The van der Waals surface area contributed by atoms with Crippen LogP contribution in [0.3, 0.4) is 0 Å². The van der Waals surface area contributed by atoms with Gasteiger partial charge < -0.3 is 14.5 Å². The highest BCUT2D eigenvalue weighted by Crippen LogP contribution is 2.33. The number of aromatic nitrogens is 2. The maximum absolute atomic E-state index is 13.0. The Morgan fingerprint density at radius 3 is 2.45 bits per heavy atom. The number of carbonyl (C=O) groups excluding carboxylic acids is 1. The third-order valence-electron chi connectivity index (χ3n) is 7.63. The lowest BCUT2D eigenvalue weighted by Gasteiger charge is -2.36. The van der Waals surface area contributed by atoms with Gasteiger partial charge in [-0.1, -0.05) is 6.07 Å². The molecule has 3 aliphatic heterocycles. The molecule has 172 valence electrons. The molecular weight excluding hydrogens is 414 g/mol. The Labute approximate surface area is 194 Å². The molecule has 4 aliphatic rings. The summed E-state index contributed by atoms with van der Waals surface area (Å²) in [5.74, 6) is 1.85. The fourth-order valence-electron chi connectivity index (χ4n) is 5.51. The average Bonchev–Trinajstić information content (AvgIpc) is 3.56. The Hall–Kier alpha value is -2.80. The smallest absolute Gasteiger partial charge is 0.316 e. The molecule has 1 saturated carbocycles. The Balaban J connectivity index is 1.15. The van der Waals surface area contributed by atoms with Gasteiger partial charge in [0, 0.05) is 43.2 Å². The summed E-state index contributed by atoms with van der Waals surface area (Å²) < 4.78 is 5.08. The first kappa shape index (κ1) is 20.8. The molecule has 7 heteroatoms.